The first kappa shape index (κ1) is 23.2. The summed E-state index contributed by atoms with van der Waals surface area (Å²) in [7, 11) is 0. The average Bonchev–Trinajstić information content (AvgIpc) is 2.79. The van der Waals surface area contributed by atoms with Gasteiger partial charge in [0.15, 0.2) is 5.78 Å². The van der Waals surface area contributed by atoms with Crippen molar-refractivity contribution in [2.24, 2.45) is 0 Å². The number of benzene rings is 3. The highest BCUT2D eigenvalue weighted by Crippen LogP contribution is 2.23. The lowest BCUT2D eigenvalue weighted by Gasteiger charge is -2.19. The number of nitrogens with one attached hydrogen (secondary N) is 1. The van der Waals surface area contributed by atoms with Gasteiger partial charge in [-0.25, -0.2) is 0 Å². The van der Waals surface area contributed by atoms with Crippen LogP contribution in [0, 0.1) is 13.8 Å². The molecule has 32 heavy (non-hydrogen) atoms. The molecule has 0 aromatic heterocycles. The highest BCUT2D eigenvalue weighted by Gasteiger charge is 2.26. The molecule has 0 unspecified atom stereocenters. The molecule has 1 N–H and O–H groups in total. The maximum absolute atomic E-state index is 13.0. The molecule has 0 radical (unpaired) electrons. The zero-order valence-electron chi connectivity index (χ0n) is 17.9. The van der Waals surface area contributed by atoms with Crippen LogP contribution < -0.4 is 5.32 Å². The smallest absolute Gasteiger partial charge is 0.307 e. The zero-order valence-corrected chi connectivity index (χ0v) is 18.7. The minimum absolute atomic E-state index is 0.0272. The van der Waals surface area contributed by atoms with Crippen LogP contribution in [0.3, 0.4) is 0 Å². The van der Waals surface area contributed by atoms with E-state index >= 15 is 0 Å². The van der Waals surface area contributed by atoms with Crippen molar-refractivity contribution in [2.75, 3.05) is 5.32 Å². The quantitative estimate of drug-likeness (QED) is 0.346. The molecule has 0 saturated heterocycles. The second-order valence-electron chi connectivity index (χ2n) is 7.52. The van der Waals surface area contributed by atoms with Gasteiger partial charge in [-0.2, -0.15) is 0 Å². The number of hydrogen-bond acceptors (Lipinski definition) is 4. The number of ketones is 1. The van der Waals surface area contributed by atoms with Crippen LogP contribution in [0.5, 0.6) is 0 Å². The van der Waals surface area contributed by atoms with Crippen LogP contribution in [0.1, 0.15) is 46.0 Å². The van der Waals surface area contributed by atoms with Crippen molar-refractivity contribution in [3.05, 3.63) is 100 Å². The van der Waals surface area contributed by atoms with Crippen LogP contribution in [0.2, 0.25) is 5.02 Å². The van der Waals surface area contributed by atoms with E-state index in [1.165, 1.54) is 0 Å². The molecule has 3 aromatic carbocycles. The second-order valence-corrected chi connectivity index (χ2v) is 7.95. The molecule has 1 atom stereocenters. The number of rotatable bonds is 8. The lowest BCUT2D eigenvalue weighted by molar-refractivity contribution is -0.154. The minimum Gasteiger partial charge on any atom is -0.447 e. The number of carbonyl (C=O) groups excluding carboxylic acids is 3. The SMILES string of the molecule is Cc1ccc(C)c(NC(=O)[C@@H](OC(=O)CCC(=O)c2ccc(Cl)cc2)c2ccccc2)c1. The van der Waals surface area contributed by atoms with E-state index in [0.717, 1.165) is 11.1 Å². The molecule has 0 saturated carbocycles. The van der Waals surface area contributed by atoms with Crippen molar-refractivity contribution in [1.29, 1.82) is 0 Å². The minimum atomic E-state index is -1.13. The summed E-state index contributed by atoms with van der Waals surface area (Å²) in [5, 5.41) is 3.38. The normalized spacial score (nSPS) is 11.5. The van der Waals surface area contributed by atoms with E-state index in [-0.39, 0.29) is 18.6 Å². The molecule has 1 amide bonds. The predicted molar refractivity (Wildman–Crippen MR) is 125 cm³/mol. The van der Waals surface area contributed by atoms with Crippen molar-refractivity contribution >= 4 is 34.9 Å². The zero-order chi connectivity index (χ0) is 23.1. The van der Waals surface area contributed by atoms with Gasteiger partial charge in [0.1, 0.15) is 0 Å². The summed E-state index contributed by atoms with van der Waals surface area (Å²) in [6.45, 7) is 3.82. The Balaban J connectivity index is 1.69. The van der Waals surface area contributed by atoms with Crippen LogP contribution >= 0.6 is 11.6 Å². The number of halogens is 1. The summed E-state index contributed by atoms with van der Waals surface area (Å²) in [5.74, 6) is -1.28. The highest BCUT2D eigenvalue weighted by atomic mass is 35.5. The summed E-state index contributed by atoms with van der Waals surface area (Å²) in [5.41, 5.74) is 3.57. The largest absolute Gasteiger partial charge is 0.447 e. The van der Waals surface area contributed by atoms with Crippen molar-refractivity contribution in [1.82, 2.24) is 0 Å². The van der Waals surface area contributed by atoms with E-state index in [1.54, 1.807) is 48.5 Å². The molecule has 0 bridgehead atoms. The maximum atomic E-state index is 13.0. The molecular formula is C26H24ClNO4. The first-order chi connectivity index (χ1) is 15.3. The Morgan fingerprint density at radius 2 is 1.59 bits per heavy atom. The van der Waals surface area contributed by atoms with E-state index in [2.05, 4.69) is 5.32 Å². The first-order valence-corrected chi connectivity index (χ1v) is 10.6. The Morgan fingerprint density at radius 1 is 0.906 bits per heavy atom. The third-order valence-corrected chi connectivity index (χ3v) is 5.22. The third-order valence-electron chi connectivity index (χ3n) is 4.96. The molecule has 164 valence electrons. The van der Waals surface area contributed by atoms with Crippen LogP contribution in [0.4, 0.5) is 5.69 Å². The highest BCUT2D eigenvalue weighted by molar-refractivity contribution is 6.30. The molecule has 0 spiro atoms. The number of esters is 1. The topological polar surface area (TPSA) is 72.5 Å². The average molecular weight is 450 g/mol. The fourth-order valence-corrected chi connectivity index (χ4v) is 3.28. The van der Waals surface area contributed by atoms with Gasteiger partial charge < -0.3 is 10.1 Å². The third kappa shape index (κ3) is 6.28. The number of carbonyl (C=O) groups is 3. The lowest BCUT2D eigenvalue weighted by Crippen LogP contribution is -2.26. The number of amides is 1. The van der Waals surface area contributed by atoms with E-state index in [9.17, 15) is 14.4 Å². The summed E-state index contributed by atoms with van der Waals surface area (Å²) >= 11 is 5.84. The Bertz CT molecular complexity index is 1110. The van der Waals surface area contributed by atoms with Gasteiger partial charge >= 0.3 is 5.97 Å². The Morgan fingerprint density at radius 3 is 2.28 bits per heavy atom. The van der Waals surface area contributed by atoms with Crippen molar-refractivity contribution in [2.45, 2.75) is 32.8 Å². The Kier molecular flexibility index (Phi) is 7.79. The fourth-order valence-electron chi connectivity index (χ4n) is 3.16. The lowest BCUT2D eigenvalue weighted by atomic mass is 10.1. The van der Waals surface area contributed by atoms with Crippen molar-refractivity contribution in [3.8, 4) is 0 Å². The molecule has 0 aliphatic rings. The van der Waals surface area contributed by atoms with Crippen LogP contribution in [0.15, 0.2) is 72.8 Å². The fraction of sp³-hybridized carbons (Fsp3) is 0.192. The predicted octanol–water partition coefficient (Wildman–Crippen LogP) is 5.84. The van der Waals surface area contributed by atoms with Crippen molar-refractivity contribution in [3.63, 3.8) is 0 Å². The van der Waals surface area contributed by atoms with E-state index in [1.807, 2.05) is 38.1 Å². The van der Waals surface area contributed by atoms with Gasteiger partial charge in [-0.15, -0.1) is 0 Å². The number of Topliss-reactive ketones (excluding diaryl/α,β-unsaturated/α-hetero) is 1. The standard InChI is InChI=1S/C26H24ClNO4/c1-17-8-9-18(2)22(16-17)28-26(31)25(20-6-4-3-5-7-20)32-24(30)15-14-23(29)19-10-12-21(27)13-11-19/h3-13,16,25H,14-15H2,1-2H3,(H,28,31)/t25-/m0/s1. The van der Waals surface area contributed by atoms with Gasteiger partial charge in [0, 0.05) is 28.3 Å². The summed E-state index contributed by atoms with van der Waals surface area (Å²) in [6.07, 6.45) is -1.29. The van der Waals surface area contributed by atoms with Crippen LogP contribution in [-0.4, -0.2) is 17.7 Å². The molecule has 5 nitrogen and oxygen atoms in total. The second kappa shape index (κ2) is 10.7. The molecule has 0 aliphatic carbocycles. The monoisotopic (exact) mass is 449 g/mol. The molecule has 0 aliphatic heterocycles. The number of anilines is 1. The summed E-state index contributed by atoms with van der Waals surface area (Å²) < 4.78 is 5.52. The van der Waals surface area contributed by atoms with Gasteiger partial charge in [-0.05, 0) is 55.3 Å². The molecule has 0 fully saturated rings. The number of ether oxygens (including phenoxy) is 1. The van der Waals surface area contributed by atoms with Crippen LogP contribution in [0.25, 0.3) is 0 Å². The van der Waals surface area contributed by atoms with Crippen LogP contribution in [-0.2, 0) is 14.3 Å². The van der Waals surface area contributed by atoms with Gasteiger partial charge in [-0.1, -0.05) is 54.1 Å². The van der Waals surface area contributed by atoms with E-state index in [0.29, 0.717) is 21.8 Å². The van der Waals surface area contributed by atoms with E-state index in [4.69, 9.17) is 16.3 Å². The number of hydrogen-bond donors (Lipinski definition) is 1. The summed E-state index contributed by atoms with van der Waals surface area (Å²) in [6, 6.07) is 21.0. The van der Waals surface area contributed by atoms with Crippen molar-refractivity contribution < 1.29 is 19.1 Å². The first-order valence-electron chi connectivity index (χ1n) is 10.2. The Labute approximate surface area is 192 Å². The molecule has 3 aromatic rings. The van der Waals surface area contributed by atoms with Gasteiger partial charge in [0.05, 0.1) is 6.42 Å². The maximum Gasteiger partial charge on any atom is 0.307 e. The molecular weight excluding hydrogens is 426 g/mol. The summed E-state index contributed by atoms with van der Waals surface area (Å²) in [4.78, 5) is 37.9. The molecule has 0 heterocycles. The molecule has 6 heteroatoms. The van der Waals surface area contributed by atoms with Gasteiger partial charge in [0.25, 0.3) is 5.91 Å². The van der Waals surface area contributed by atoms with Gasteiger partial charge in [-0.3, -0.25) is 14.4 Å². The van der Waals surface area contributed by atoms with Gasteiger partial charge in [0.2, 0.25) is 6.10 Å². The Hall–Kier alpha value is -3.44. The van der Waals surface area contributed by atoms with E-state index < -0.39 is 18.0 Å². The molecule has 3 rings (SSSR count). The number of aryl methyl sites for hydroxylation is 2.